The summed E-state index contributed by atoms with van der Waals surface area (Å²) in [6, 6.07) is 6.56. The quantitative estimate of drug-likeness (QED) is 0.884. The van der Waals surface area contributed by atoms with Gasteiger partial charge in [-0.15, -0.1) is 0 Å². The molecule has 0 fully saturated rings. The molecule has 1 unspecified atom stereocenters. The van der Waals surface area contributed by atoms with Crippen LogP contribution in [0.1, 0.15) is 48.4 Å². The van der Waals surface area contributed by atoms with Crippen molar-refractivity contribution in [3.8, 4) is 0 Å². The van der Waals surface area contributed by atoms with E-state index in [1.807, 2.05) is 19.1 Å². The molecule has 104 valence electrons. The van der Waals surface area contributed by atoms with Gasteiger partial charge in [0, 0.05) is 24.5 Å². The van der Waals surface area contributed by atoms with Gasteiger partial charge in [0.05, 0.1) is 6.04 Å². The third kappa shape index (κ3) is 2.92. The Morgan fingerprint density at radius 2 is 2.00 bits per heavy atom. The molecule has 0 aliphatic heterocycles. The van der Waals surface area contributed by atoms with Gasteiger partial charge in [-0.25, -0.2) is 0 Å². The van der Waals surface area contributed by atoms with Crippen LogP contribution < -0.4 is 5.32 Å². The summed E-state index contributed by atoms with van der Waals surface area (Å²) in [5, 5.41) is 3.53. The average molecular weight is 260 g/mol. The minimum absolute atomic E-state index is 0.235. The largest absolute Gasteiger partial charge is 0.465 e. The zero-order valence-corrected chi connectivity index (χ0v) is 12.6. The van der Waals surface area contributed by atoms with E-state index in [9.17, 15) is 0 Å². The Bertz CT molecular complexity index is 551. The lowest BCUT2D eigenvalue weighted by molar-refractivity contribution is 0.415. The highest BCUT2D eigenvalue weighted by Gasteiger charge is 2.11. The lowest BCUT2D eigenvalue weighted by atomic mass is 10.2. The van der Waals surface area contributed by atoms with Crippen LogP contribution in [0.3, 0.4) is 0 Å². The smallest absolute Gasteiger partial charge is 0.120 e. The second-order valence-electron chi connectivity index (χ2n) is 5.19. The van der Waals surface area contributed by atoms with Crippen molar-refractivity contribution in [1.82, 2.24) is 9.88 Å². The highest BCUT2D eigenvalue weighted by Crippen LogP contribution is 2.18. The lowest BCUT2D eigenvalue weighted by Crippen LogP contribution is -2.18. The first kappa shape index (κ1) is 13.9. The van der Waals surface area contributed by atoms with Gasteiger partial charge in [0.15, 0.2) is 0 Å². The summed E-state index contributed by atoms with van der Waals surface area (Å²) >= 11 is 0. The number of aromatic nitrogens is 1. The minimum atomic E-state index is 0.235. The van der Waals surface area contributed by atoms with Crippen LogP contribution >= 0.6 is 0 Å². The van der Waals surface area contributed by atoms with Gasteiger partial charge in [-0.2, -0.15) is 0 Å². The van der Waals surface area contributed by atoms with Crippen molar-refractivity contribution in [2.75, 3.05) is 0 Å². The molecular weight excluding hydrogens is 236 g/mol. The minimum Gasteiger partial charge on any atom is -0.465 e. The third-order valence-electron chi connectivity index (χ3n) is 3.78. The number of nitrogens with one attached hydrogen (secondary N) is 1. The normalized spacial score (nSPS) is 12.9. The molecule has 0 bridgehead atoms. The maximum atomic E-state index is 5.65. The van der Waals surface area contributed by atoms with Crippen molar-refractivity contribution in [2.45, 2.75) is 53.8 Å². The first-order chi connectivity index (χ1) is 9.02. The van der Waals surface area contributed by atoms with Crippen LogP contribution in [0.4, 0.5) is 0 Å². The number of hydrogen-bond acceptors (Lipinski definition) is 2. The number of nitrogens with zero attached hydrogens (tertiary/aromatic N) is 1. The monoisotopic (exact) mass is 260 g/mol. The molecule has 0 aliphatic carbocycles. The van der Waals surface area contributed by atoms with Crippen molar-refractivity contribution in [2.24, 2.45) is 0 Å². The Kier molecular flexibility index (Phi) is 4.15. The summed E-state index contributed by atoms with van der Waals surface area (Å²) in [5.74, 6) is 1.97. The second kappa shape index (κ2) is 5.66. The molecule has 1 N–H and O–H groups in total. The molecule has 0 aromatic carbocycles. The maximum absolute atomic E-state index is 5.65. The number of aryl methyl sites for hydroxylation is 2. The fourth-order valence-electron chi connectivity index (χ4n) is 2.59. The van der Waals surface area contributed by atoms with E-state index in [4.69, 9.17) is 4.42 Å². The predicted molar refractivity (Wildman–Crippen MR) is 78.3 cm³/mol. The van der Waals surface area contributed by atoms with Crippen LogP contribution in [0, 0.1) is 20.8 Å². The standard InChI is InChI=1S/C16H24N2O/c1-6-18-11(2)9-15(14(18)5)10-17-13(4)16-8-7-12(3)19-16/h7-9,13,17H,6,10H2,1-5H3. The molecule has 19 heavy (non-hydrogen) atoms. The van der Waals surface area contributed by atoms with Crippen molar-refractivity contribution < 1.29 is 4.42 Å². The average Bonchev–Trinajstić information content (AvgIpc) is 2.91. The van der Waals surface area contributed by atoms with Gasteiger partial charge in [0.1, 0.15) is 11.5 Å². The molecule has 2 rings (SSSR count). The Balaban J connectivity index is 2.03. The van der Waals surface area contributed by atoms with Crippen molar-refractivity contribution in [3.63, 3.8) is 0 Å². The van der Waals surface area contributed by atoms with Crippen LogP contribution in [0.5, 0.6) is 0 Å². The summed E-state index contributed by atoms with van der Waals surface area (Å²) in [5.41, 5.74) is 4.06. The zero-order valence-electron chi connectivity index (χ0n) is 12.6. The van der Waals surface area contributed by atoms with Gasteiger partial charge in [0.25, 0.3) is 0 Å². The predicted octanol–water partition coefficient (Wildman–Crippen LogP) is 3.88. The Morgan fingerprint density at radius 3 is 2.53 bits per heavy atom. The maximum Gasteiger partial charge on any atom is 0.120 e. The van der Waals surface area contributed by atoms with Gasteiger partial charge < -0.3 is 14.3 Å². The molecule has 0 saturated carbocycles. The molecule has 3 nitrogen and oxygen atoms in total. The van der Waals surface area contributed by atoms with Crippen molar-refractivity contribution in [1.29, 1.82) is 0 Å². The van der Waals surface area contributed by atoms with E-state index in [0.717, 1.165) is 24.6 Å². The van der Waals surface area contributed by atoms with Crippen molar-refractivity contribution >= 4 is 0 Å². The number of rotatable bonds is 5. The summed E-state index contributed by atoms with van der Waals surface area (Å²) in [7, 11) is 0. The Labute approximate surface area is 115 Å². The molecule has 0 saturated heterocycles. The van der Waals surface area contributed by atoms with E-state index in [2.05, 4.69) is 43.6 Å². The summed E-state index contributed by atoms with van der Waals surface area (Å²) in [6.07, 6.45) is 0. The number of furan rings is 1. The summed E-state index contributed by atoms with van der Waals surface area (Å²) in [4.78, 5) is 0. The molecule has 2 aromatic rings. The molecular formula is C16H24N2O. The van der Waals surface area contributed by atoms with Gasteiger partial charge in [-0.1, -0.05) is 0 Å². The van der Waals surface area contributed by atoms with Crippen LogP contribution in [0.2, 0.25) is 0 Å². The van der Waals surface area contributed by atoms with Gasteiger partial charge in [0.2, 0.25) is 0 Å². The number of hydrogen-bond donors (Lipinski definition) is 1. The molecule has 0 aliphatic rings. The Morgan fingerprint density at radius 1 is 1.26 bits per heavy atom. The molecule has 0 spiro atoms. The van der Waals surface area contributed by atoms with E-state index >= 15 is 0 Å². The fraction of sp³-hybridized carbons (Fsp3) is 0.500. The van der Waals surface area contributed by atoms with Crippen LogP contribution in [0.15, 0.2) is 22.6 Å². The SMILES string of the molecule is CCn1c(C)cc(CNC(C)c2ccc(C)o2)c1C. The van der Waals surface area contributed by atoms with Crippen molar-refractivity contribution in [3.05, 3.63) is 46.7 Å². The topological polar surface area (TPSA) is 30.1 Å². The lowest BCUT2D eigenvalue weighted by Gasteiger charge is -2.12. The Hall–Kier alpha value is -1.48. The molecule has 0 radical (unpaired) electrons. The fourth-order valence-corrected chi connectivity index (χ4v) is 2.59. The molecule has 2 heterocycles. The summed E-state index contributed by atoms with van der Waals surface area (Å²) < 4.78 is 7.99. The van der Waals surface area contributed by atoms with Crippen LogP contribution in [0.25, 0.3) is 0 Å². The highest BCUT2D eigenvalue weighted by molar-refractivity contribution is 5.26. The van der Waals surface area contributed by atoms with E-state index < -0.39 is 0 Å². The van der Waals surface area contributed by atoms with Crippen LogP contribution in [-0.2, 0) is 13.1 Å². The third-order valence-corrected chi connectivity index (χ3v) is 3.78. The van der Waals surface area contributed by atoms with Gasteiger partial charge in [-0.3, -0.25) is 0 Å². The van der Waals surface area contributed by atoms with E-state index in [1.165, 1.54) is 17.0 Å². The van der Waals surface area contributed by atoms with E-state index in [1.54, 1.807) is 0 Å². The van der Waals surface area contributed by atoms with Crippen LogP contribution in [-0.4, -0.2) is 4.57 Å². The van der Waals surface area contributed by atoms with Gasteiger partial charge in [-0.05, 0) is 58.4 Å². The molecule has 1 atom stereocenters. The molecule has 0 amide bonds. The summed E-state index contributed by atoms with van der Waals surface area (Å²) in [6.45, 7) is 12.6. The second-order valence-corrected chi connectivity index (χ2v) is 5.19. The molecule has 3 heteroatoms. The van der Waals surface area contributed by atoms with Gasteiger partial charge >= 0.3 is 0 Å². The van der Waals surface area contributed by atoms with E-state index in [0.29, 0.717) is 0 Å². The first-order valence-electron chi connectivity index (χ1n) is 6.98. The molecule has 2 aromatic heterocycles. The highest BCUT2D eigenvalue weighted by atomic mass is 16.3. The van der Waals surface area contributed by atoms with E-state index in [-0.39, 0.29) is 6.04 Å². The zero-order chi connectivity index (χ0) is 14.0. The first-order valence-corrected chi connectivity index (χ1v) is 6.98.